The molecule has 5 heteroatoms. The molecule has 1 saturated heterocycles. The average Bonchev–Trinajstić information content (AvgIpc) is 2.71. The van der Waals surface area contributed by atoms with Crippen molar-refractivity contribution in [3.05, 3.63) is 65.2 Å². The second-order valence-electron chi connectivity index (χ2n) is 8.67. The molecule has 2 amide bonds. The third-order valence-corrected chi connectivity index (χ3v) is 5.60. The molecule has 1 heterocycles. The number of nitrogens with one attached hydrogen (secondary N) is 1. The Hall–Kier alpha value is -2.53. The quantitative estimate of drug-likeness (QED) is 0.751. The molecular weight excluding hydrogens is 374 g/mol. The number of urea groups is 1. The summed E-state index contributed by atoms with van der Waals surface area (Å²) < 4.78 is 6.24. The summed E-state index contributed by atoms with van der Waals surface area (Å²) in [5, 5.41) is 3.25. The van der Waals surface area contributed by atoms with Crippen molar-refractivity contribution < 1.29 is 9.53 Å². The molecule has 1 aliphatic heterocycles. The smallest absolute Gasteiger partial charge is 0.317 e. The summed E-state index contributed by atoms with van der Waals surface area (Å²) in [6.07, 6.45) is 2.71. The van der Waals surface area contributed by atoms with Gasteiger partial charge in [-0.3, -0.25) is 0 Å². The van der Waals surface area contributed by atoms with Crippen LogP contribution in [0.4, 0.5) is 4.79 Å². The van der Waals surface area contributed by atoms with E-state index in [2.05, 4.69) is 54.4 Å². The van der Waals surface area contributed by atoms with Gasteiger partial charge in [0.2, 0.25) is 0 Å². The highest BCUT2D eigenvalue weighted by atomic mass is 16.5. The number of piperidine rings is 1. The van der Waals surface area contributed by atoms with Gasteiger partial charge in [0.1, 0.15) is 11.9 Å². The highest BCUT2D eigenvalue weighted by Crippen LogP contribution is 2.24. The van der Waals surface area contributed by atoms with E-state index in [-0.39, 0.29) is 18.2 Å². The molecule has 0 aliphatic carbocycles. The van der Waals surface area contributed by atoms with Gasteiger partial charge >= 0.3 is 6.03 Å². The van der Waals surface area contributed by atoms with Crippen molar-refractivity contribution in [1.82, 2.24) is 15.1 Å². The number of amides is 2. The van der Waals surface area contributed by atoms with E-state index < -0.39 is 0 Å². The number of hydrogen-bond acceptors (Lipinski definition) is 3. The number of benzene rings is 2. The highest BCUT2D eigenvalue weighted by Gasteiger charge is 2.26. The number of carbonyl (C=O) groups is 1. The third kappa shape index (κ3) is 6.49. The number of ether oxygens (including phenoxy) is 1. The Bertz CT molecular complexity index is 814. The van der Waals surface area contributed by atoms with Crippen molar-refractivity contribution in [1.29, 1.82) is 0 Å². The predicted octanol–water partition coefficient (Wildman–Crippen LogP) is 4.03. The van der Waals surface area contributed by atoms with E-state index in [0.717, 1.165) is 50.2 Å². The molecule has 1 N–H and O–H groups in total. The van der Waals surface area contributed by atoms with E-state index in [1.54, 1.807) is 0 Å². The number of likely N-dealkylation sites (tertiary alicyclic amines) is 1. The van der Waals surface area contributed by atoms with Crippen molar-refractivity contribution in [3.63, 3.8) is 0 Å². The summed E-state index contributed by atoms with van der Waals surface area (Å²) in [7, 11) is 4.08. The fourth-order valence-corrected chi connectivity index (χ4v) is 3.96. The summed E-state index contributed by atoms with van der Waals surface area (Å²) in [6.45, 7) is 6.42. The van der Waals surface area contributed by atoms with Gasteiger partial charge in [0.25, 0.3) is 0 Å². The van der Waals surface area contributed by atoms with Crippen LogP contribution in [-0.2, 0) is 6.42 Å². The lowest BCUT2D eigenvalue weighted by Gasteiger charge is -2.34. The topological polar surface area (TPSA) is 44.8 Å². The minimum atomic E-state index is 0.0305. The van der Waals surface area contributed by atoms with Gasteiger partial charge in [-0.15, -0.1) is 0 Å². The van der Waals surface area contributed by atoms with Crippen LogP contribution in [0.3, 0.4) is 0 Å². The molecule has 30 heavy (non-hydrogen) atoms. The lowest BCUT2D eigenvalue weighted by molar-refractivity contribution is 0.109. The number of hydrogen-bond donors (Lipinski definition) is 1. The molecule has 0 saturated carbocycles. The van der Waals surface area contributed by atoms with Gasteiger partial charge in [-0.05, 0) is 57.1 Å². The maximum absolute atomic E-state index is 12.9. The lowest BCUT2D eigenvalue weighted by atomic mass is 10.1. The standard InChI is InChI=1S/C25H35N3O2/c1-19-10-11-20(2)24(16-19)30-23-12-14-28(15-13-23)25(29)26-22(18-27(3)4)17-21-8-6-5-7-9-21/h5-11,16,22-23H,12-15,17-18H2,1-4H3,(H,26,29). The molecule has 1 unspecified atom stereocenters. The molecule has 0 spiro atoms. The molecule has 0 aromatic heterocycles. The number of rotatable bonds is 7. The van der Waals surface area contributed by atoms with Gasteiger partial charge in [0, 0.05) is 38.5 Å². The molecule has 0 radical (unpaired) electrons. The monoisotopic (exact) mass is 409 g/mol. The Morgan fingerprint density at radius 1 is 1.13 bits per heavy atom. The van der Waals surface area contributed by atoms with Crippen LogP contribution in [-0.4, -0.2) is 61.7 Å². The zero-order valence-corrected chi connectivity index (χ0v) is 18.7. The second kappa shape index (κ2) is 10.5. The van der Waals surface area contributed by atoms with Crippen LogP contribution in [0.2, 0.25) is 0 Å². The van der Waals surface area contributed by atoms with Crippen LogP contribution in [0.5, 0.6) is 5.75 Å². The molecule has 2 aromatic rings. The SMILES string of the molecule is Cc1ccc(C)c(OC2CCN(C(=O)NC(Cc3ccccc3)CN(C)C)CC2)c1. The van der Waals surface area contributed by atoms with E-state index in [9.17, 15) is 4.79 Å². The lowest BCUT2D eigenvalue weighted by Crippen LogP contribution is -2.51. The van der Waals surface area contributed by atoms with E-state index in [0.29, 0.717) is 0 Å². The summed E-state index contributed by atoms with van der Waals surface area (Å²) >= 11 is 0. The van der Waals surface area contributed by atoms with Crippen LogP contribution in [0, 0.1) is 13.8 Å². The fraction of sp³-hybridized carbons (Fsp3) is 0.480. The fourth-order valence-electron chi connectivity index (χ4n) is 3.96. The highest BCUT2D eigenvalue weighted by molar-refractivity contribution is 5.74. The second-order valence-corrected chi connectivity index (χ2v) is 8.67. The van der Waals surface area contributed by atoms with Crippen LogP contribution in [0.25, 0.3) is 0 Å². The number of nitrogens with zero attached hydrogens (tertiary/aromatic N) is 2. The first-order chi connectivity index (χ1) is 14.4. The van der Waals surface area contributed by atoms with Crippen LogP contribution in [0.1, 0.15) is 29.5 Å². The predicted molar refractivity (Wildman–Crippen MR) is 122 cm³/mol. The maximum atomic E-state index is 12.9. The van der Waals surface area contributed by atoms with Crippen LogP contribution >= 0.6 is 0 Å². The van der Waals surface area contributed by atoms with Crippen molar-refractivity contribution in [2.24, 2.45) is 0 Å². The minimum absolute atomic E-state index is 0.0305. The Balaban J connectivity index is 1.52. The van der Waals surface area contributed by atoms with E-state index in [4.69, 9.17) is 4.74 Å². The Morgan fingerprint density at radius 3 is 2.50 bits per heavy atom. The van der Waals surface area contributed by atoms with Crippen molar-refractivity contribution in [2.45, 2.75) is 45.3 Å². The zero-order valence-electron chi connectivity index (χ0n) is 18.7. The van der Waals surface area contributed by atoms with Crippen molar-refractivity contribution >= 4 is 6.03 Å². The largest absolute Gasteiger partial charge is 0.490 e. The number of carbonyl (C=O) groups excluding carboxylic acids is 1. The minimum Gasteiger partial charge on any atom is -0.490 e. The van der Waals surface area contributed by atoms with Gasteiger partial charge in [-0.2, -0.15) is 0 Å². The molecule has 162 valence electrons. The van der Waals surface area contributed by atoms with Crippen molar-refractivity contribution in [3.8, 4) is 5.75 Å². The molecule has 5 nitrogen and oxygen atoms in total. The van der Waals surface area contributed by atoms with E-state index in [1.165, 1.54) is 11.1 Å². The first-order valence-electron chi connectivity index (χ1n) is 10.9. The Kier molecular flexibility index (Phi) is 7.75. The molecule has 3 rings (SSSR count). The zero-order chi connectivity index (χ0) is 21.5. The molecule has 1 aliphatic rings. The first-order valence-corrected chi connectivity index (χ1v) is 10.9. The van der Waals surface area contributed by atoms with Gasteiger partial charge < -0.3 is 19.9 Å². The Labute approximate surface area is 181 Å². The average molecular weight is 410 g/mol. The van der Waals surface area contributed by atoms with Gasteiger partial charge in [-0.25, -0.2) is 4.79 Å². The molecular formula is C25H35N3O2. The van der Waals surface area contributed by atoms with Gasteiger partial charge in [-0.1, -0.05) is 42.5 Å². The van der Waals surface area contributed by atoms with Crippen LogP contribution in [0.15, 0.2) is 48.5 Å². The number of likely N-dealkylation sites (N-methyl/N-ethyl adjacent to an activating group) is 1. The van der Waals surface area contributed by atoms with Crippen molar-refractivity contribution in [2.75, 3.05) is 33.7 Å². The van der Waals surface area contributed by atoms with E-state index in [1.807, 2.05) is 37.2 Å². The van der Waals surface area contributed by atoms with Gasteiger partial charge in [0.15, 0.2) is 0 Å². The van der Waals surface area contributed by atoms with Gasteiger partial charge in [0.05, 0.1) is 0 Å². The van der Waals surface area contributed by atoms with Crippen LogP contribution < -0.4 is 10.1 Å². The maximum Gasteiger partial charge on any atom is 0.317 e. The normalized spacial score (nSPS) is 15.8. The summed E-state index contributed by atoms with van der Waals surface area (Å²) in [6, 6.07) is 16.8. The Morgan fingerprint density at radius 2 is 1.83 bits per heavy atom. The number of aryl methyl sites for hydroxylation is 2. The third-order valence-electron chi connectivity index (χ3n) is 5.60. The molecule has 1 fully saturated rings. The summed E-state index contributed by atoms with van der Waals surface area (Å²) in [4.78, 5) is 16.9. The molecule has 0 bridgehead atoms. The summed E-state index contributed by atoms with van der Waals surface area (Å²) in [5.74, 6) is 0.965. The molecule has 2 aromatic carbocycles. The van der Waals surface area contributed by atoms with E-state index >= 15 is 0 Å². The first kappa shape index (κ1) is 22.2. The molecule has 1 atom stereocenters. The summed E-state index contributed by atoms with van der Waals surface area (Å²) in [5.41, 5.74) is 3.61.